The van der Waals surface area contributed by atoms with Crippen molar-refractivity contribution in [2.75, 3.05) is 0 Å². The summed E-state index contributed by atoms with van der Waals surface area (Å²) in [5, 5.41) is 12.3. The molecule has 0 unspecified atom stereocenters. The lowest BCUT2D eigenvalue weighted by atomic mass is 10.3. The van der Waals surface area contributed by atoms with Gasteiger partial charge in [0.25, 0.3) is 0 Å². The second-order valence-corrected chi connectivity index (χ2v) is 4.08. The molecule has 6 nitrogen and oxygen atoms in total. The third-order valence-corrected chi connectivity index (χ3v) is 2.64. The molecule has 0 saturated carbocycles. The average molecular weight is 298 g/mol. The summed E-state index contributed by atoms with van der Waals surface area (Å²) in [6.45, 7) is 2.23. The topological polar surface area (TPSA) is 65.7 Å². The van der Waals surface area contributed by atoms with E-state index >= 15 is 0 Å². The maximum absolute atomic E-state index is 5.61. The van der Waals surface area contributed by atoms with E-state index in [2.05, 4.69) is 36.3 Å². The molecule has 2 heterocycles. The predicted molar refractivity (Wildman–Crippen MR) is 64.7 cm³/mol. The van der Waals surface area contributed by atoms with Gasteiger partial charge in [0.15, 0.2) is 6.61 Å². The molecule has 0 saturated heterocycles. The highest BCUT2D eigenvalue weighted by atomic mass is 79.9. The van der Waals surface area contributed by atoms with Crippen molar-refractivity contribution < 1.29 is 4.74 Å². The van der Waals surface area contributed by atoms with Gasteiger partial charge in [0, 0.05) is 11.0 Å². The second kappa shape index (κ2) is 5.22. The number of aryl methyl sites for hydroxylation is 2. The van der Waals surface area contributed by atoms with Crippen molar-refractivity contribution in [3.8, 4) is 5.75 Å². The summed E-state index contributed by atoms with van der Waals surface area (Å²) in [5.74, 6) is 1.29. The van der Waals surface area contributed by atoms with Crippen molar-refractivity contribution >= 4 is 15.9 Å². The van der Waals surface area contributed by atoms with Crippen LogP contribution >= 0.6 is 15.9 Å². The summed E-state index contributed by atoms with van der Waals surface area (Å²) >= 11 is 3.38. The molecule has 0 N–H and O–H groups in total. The molecule has 0 atom stereocenters. The Kier molecular flexibility index (Phi) is 3.68. The zero-order valence-electron chi connectivity index (χ0n) is 9.59. The molecule has 0 aromatic carbocycles. The van der Waals surface area contributed by atoms with Gasteiger partial charge in [-0.15, -0.1) is 10.2 Å². The number of aromatic nitrogens is 5. The average Bonchev–Trinajstić information content (AvgIpc) is 2.73. The van der Waals surface area contributed by atoms with Crippen LogP contribution in [0, 0.1) is 6.92 Å². The maximum atomic E-state index is 5.61. The fourth-order valence-corrected chi connectivity index (χ4v) is 1.75. The largest absolute Gasteiger partial charge is 0.484 e. The number of tetrazole rings is 1. The Balaban J connectivity index is 2.08. The van der Waals surface area contributed by atoms with Gasteiger partial charge in [0.05, 0.1) is 12.7 Å². The summed E-state index contributed by atoms with van der Waals surface area (Å²) in [4.78, 5) is 5.78. The second-order valence-electron chi connectivity index (χ2n) is 3.51. The molecule has 0 amide bonds. The number of nitrogens with zero attached hydrogens (tertiary/aromatic N) is 5. The van der Waals surface area contributed by atoms with Gasteiger partial charge in [-0.25, -0.2) is 0 Å². The fourth-order valence-electron chi connectivity index (χ4n) is 1.35. The van der Waals surface area contributed by atoms with E-state index in [1.807, 2.05) is 19.1 Å². The van der Waals surface area contributed by atoms with Crippen molar-refractivity contribution in [1.82, 2.24) is 25.2 Å². The highest BCUT2D eigenvalue weighted by molar-refractivity contribution is 9.08. The Morgan fingerprint density at radius 3 is 2.88 bits per heavy atom. The first-order valence-electron chi connectivity index (χ1n) is 5.07. The Morgan fingerprint density at radius 1 is 1.41 bits per heavy atom. The van der Waals surface area contributed by atoms with E-state index in [4.69, 9.17) is 4.74 Å². The Bertz CT molecular complexity index is 513. The summed E-state index contributed by atoms with van der Waals surface area (Å²) in [6, 6.07) is 3.81. The molecule has 90 valence electrons. The van der Waals surface area contributed by atoms with Gasteiger partial charge in [-0.1, -0.05) is 15.9 Å². The SMILES string of the molecule is Cc1ccc(OCc2nnn(C)n2)c(CBr)n1. The van der Waals surface area contributed by atoms with E-state index < -0.39 is 0 Å². The van der Waals surface area contributed by atoms with Crippen LogP contribution in [0.1, 0.15) is 17.2 Å². The zero-order valence-corrected chi connectivity index (χ0v) is 11.2. The number of alkyl halides is 1. The van der Waals surface area contributed by atoms with Gasteiger partial charge in [0.1, 0.15) is 5.75 Å². The van der Waals surface area contributed by atoms with Gasteiger partial charge < -0.3 is 4.74 Å². The minimum Gasteiger partial charge on any atom is -0.484 e. The van der Waals surface area contributed by atoms with Crippen LogP contribution in [0.2, 0.25) is 0 Å². The van der Waals surface area contributed by atoms with E-state index in [0.717, 1.165) is 17.1 Å². The van der Waals surface area contributed by atoms with Gasteiger partial charge in [-0.2, -0.15) is 4.80 Å². The molecular weight excluding hydrogens is 286 g/mol. The van der Waals surface area contributed by atoms with Crippen LogP contribution in [-0.2, 0) is 19.0 Å². The Hall–Kier alpha value is -1.50. The lowest BCUT2D eigenvalue weighted by Crippen LogP contribution is -2.02. The number of ether oxygens (including phenoxy) is 1. The molecule has 0 bridgehead atoms. The van der Waals surface area contributed by atoms with Crippen molar-refractivity contribution in [1.29, 1.82) is 0 Å². The minimum absolute atomic E-state index is 0.290. The van der Waals surface area contributed by atoms with Crippen LogP contribution in [0.25, 0.3) is 0 Å². The number of halogens is 1. The van der Waals surface area contributed by atoms with Crippen molar-refractivity contribution in [3.05, 3.63) is 29.3 Å². The van der Waals surface area contributed by atoms with Crippen LogP contribution < -0.4 is 4.74 Å². The fraction of sp³-hybridized carbons (Fsp3) is 0.400. The first kappa shape index (κ1) is 12.0. The summed E-state index contributed by atoms with van der Waals surface area (Å²) in [5.41, 5.74) is 1.83. The Labute approximate surface area is 107 Å². The minimum atomic E-state index is 0.290. The van der Waals surface area contributed by atoms with Gasteiger partial charge >= 0.3 is 0 Å². The molecule has 0 aliphatic rings. The third kappa shape index (κ3) is 3.00. The Morgan fingerprint density at radius 2 is 2.24 bits per heavy atom. The molecule has 2 rings (SSSR count). The molecule has 0 radical (unpaired) electrons. The van der Waals surface area contributed by atoms with Crippen LogP contribution in [0.3, 0.4) is 0 Å². The lowest BCUT2D eigenvalue weighted by molar-refractivity contribution is 0.291. The van der Waals surface area contributed by atoms with Crippen molar-refractivity contribution in [2.45, 2.75) is 18.9 Å². The quantitative estimate of drug-likeness (QED) is 0.798. The number of hydrogen-bond acceptors (Lipinski definition) is 5. The predicted octanol–water partition coefficient (Wildman–Crippen LogP) is 1.39. The monoisotopic (exact) mass is 297 g/mol. The maximum Gasteiger partial charge on any atom is 0.212 e. The third-order valence-electron chi connectivity index (χ3n) is 2.10. The number of rotatable bonds is 4. The molecular formula is C10H12BrN5O. The van der Waals surface area contributed by atoms with Crippen LogP contribution in [0.5, 0.6) is 5.75 Å². The van der Waals surface area contributed by atoms with E-state index in [9.17, 15) is 0 Å². The summed E-state index contributed by atoms with van der Waals surface area (Å²) < 4.78 is 5.61. The standard InChI is InChI=1S/C10H12BrN5O/c1-7-3-4-9(8(5-11)12-7)17-6-10-13-15-16(2)14-10/h3-4H,5-6H2,1-2H3. The highest BCUT2D eigenvalue weighted by Crippen LogP contribution is 2.20. The smallest absolute Gasteiger partial charge is 0.212 e. The molecule has 0 spiro atoms. The van der Waals surface area contributed by atoms with E-state index in [-0.39, 0.29) is 0 Å². The van der Waals surface area contributed by atoms with Crippen molar-refractivity contribution in [3.63, 3.8) is 0 Å². The van der Waals surface area contributed by atoms with E-state index in [0.29, 0.717) is 17.8 Å². The molecule has 0 aliphatic heterocycles. The van der Waals surface area contributed by atoms with Crippen LogP contribution in [0.4, 0.5) is 0 Å². The van der Waals surface area contributed by atoms with E-state index in [1.54, 1.807) is 7.05 Å². The highest BCUT2D eigenvalue weighted by Gasteiger charge is 2.07. The summed E-state index contributed by atoms with van der Waals surface area (Å²) in [7, 11) is 1.72. The molecule has 7 heteroatoms. The first-order valence-corrected chi connectivity index (χ1v) is 6.19. The van der Waals surface area contributed by atoms with E-state index in [1.165, 1.54) is 4.80 Å². The molecule has 0 aliphatic carbocycles. The van der Waals surface area contributed by atoms with Gasteiger partial charge in [0.2, 0.25) is 5.82 Å². The lowest BCUT2D eigenvalue weighted by Gasteiger charge is -2.07. The normalized spacial score (nSPS) is 10.5. The first-order chi connectivity index (χ1) is 8.19. The molecule has 2 aromatic heterocycles. The van der Waals surface area contributed by atoms with Crippen LogP contribution in [-0.4, -0.2) is 25.2 Å². The summed E-state index contributed by atoms with van der Waals surface area (Å²) in [6.07, 6.45) is 0. The van der Waals surface area contributed by atoms with Crippen molar-refractivity contribution in [2.24, 2.45) is 7.05 Å². The van der Waals surface area contributed by atoms with Gasteiger partial charge in [-0.3, -0.25) is 4.98 Å². The number of pyridine rings is 1. The zero-order chi connectivity index (χ0) is 12.3. The molecule has 0 fully saturated rings. The van der Waals surface area contributed by atoms with Crippen LogP contribution in [0.15, 0.2) is 12.1 Å². The molecule has 2 aromatic rings. The number of hydrogen-bond donors (Lipinski definition) is 0. The van der Waals surface area contributed by atoms with Gasteiger partial charge in [-0.05, 0) is 24.3 Å². The molecule has 17 heavy (non-hydrogen) atoms.